The zero-order valence-corrected chi connectivity index (χ0v) is 13.4. The van der Waals surface area contributed by atoms with E-state index in [1.54, 1.807) is 0 Å². The maximum atomic E-state index is 6.32. The fourth-order valence-corrected chi connectivity index (χ4v) is 4.38. The van der Waals surface area contributed by atoms with Gasteiger partial charge in [-0.1, -0.05) is 6.07 Å². The predicted molar refractivity (Wildman–Crippen MR) is 86.6 cm³/mol. The van der Waals surface area contributed by atoms with Crippen LogP contribution in [0.3, 0.4) is 0 Å². The van der Waals surface area contributed by atoms with E-state index in [2.05, 4.69) is 20.9 Å². The van der Waals surface area contributed by atoms with E-state index < -0.39 is 0 Å². The fourth-order valence-electron chi connectivity index (χ4n) is 4.38. The molecule has 3 saturated heterocycles. The summed E-state index contributed by atoms with van der Waals surface area (Å²) in [5.41, 5.74) is 1.50. The number of hydrogen-bond acceptors (Lipinski definition) is 4. The molecule has 0 bridgehead atoms. The van der Waals surface area contributed by atoms with E-state index in [4.69, 9.17) is 4.74 Å². The number of pyridine rings is 1. The number of likely N-dealkylation sites (tertiary alicyclic amines) is 2. The number of ether oxygens (including phenoxy) is 1. The average molecular weight is 301 g/mol. The summed E-state index contributed by atoms with van der Waals surface area (Å²) in [6.07, 6.45) is 10.2. The van der Waals surface area contributed by atoms with E-state index in [-0.39, 0.29) is 5.60 Å². The van der Waals surface area contributed by atoms with Gasteiger partial charge < -0.3 is 4.74 Å². The standard InChI is InChI=1S/C18H27N3O/c1-2-9-21(8-1)17-12-18(22-15-17)5-10-20(11-6-18)14-16-4-3-7-19-13-16/h3-4,7,13,17H,1-2,5-6,8-12,14-15H2/t17-/m1/s1. The Kier molecular flexibility index (Phi) is 4.16. The highest BCUT2D eigenvalue weighted by Crippen LogP contribution is 2.38. The minimum Gasteiger partial charge on any atom is -0.373 e. The van der Waals surface area contributed by atoms with Crippen molar-refractivity contribution in [1.29, 1.82) is 0 Å². The van der Waals surface area contributed by atoms with Gasteiger partial charge in [0.1, 0.15) is 0 Å². The summed E-state index contributed by atoms with van der Waals surface area (Å²) in [6, 6.07) is 4.89. The van der Waals surface area contributed by atoms with E-state index in [1.165, 1.54) is 50.8 Å². The lowest BCUT2D eigenvalue weighted by atomic mass is 9.87. The van der Waals surface area contributed by atoms with Crippen LogP contribution < -0.4 is 0 Å². The third-order valence-corrected chi connectivity index (χ3v) is 5.74. The Morgan fingerprint density at radius 3 is 2.73 bits per heavy atom. The van der Waals surface area contributed by atoms with E-state index in [0.29, 0.717) is 6.04 Å². The molecule has 0 N–H and O–H groups in total. The summed E-state index contributed by atoms with van der Waals surface area (Å²) >= 11 is 0. The lowest BCUT2D eigenvalue weighted by Gasteiger charge is -2.39. The maximum absolute atomic E-state index is 6.32. The van der Waals surface area contributed by atoms with Crippen molar-refractivity contribution in [2.24, 2.45) is 0 Å². The average Bonchev–Trinajstić information content (AvgIpc) is 3.21. The minimum atomic E-state index is 0.179. The largest absolute Gasteiger partial charge is 0.373 e. The van der Waals surface area contributed by atoms with Crippen molar-refractivity contribution in [1.82, 2.24) is 14.8 Å². The molecule has 0 unspecified atom stereocenters. The summed E-state index contributed by atoms with van der Waals surface area (Å²) in [5, 5.41) is 0. The van der Waals surface area contributed by atoms with Crippen molar-refractivity contribution in [2.45, 2.75) is 50.3 Å². The van der Waals surface area contributed by atoms with Crippen molar-refractivity contribution < 1.29 is 4.74 Å². The SMILES string of the molecule is c1cncc(CN2CCC3(CC2)C[C@@H](N2CCCC2)CO3)c1. The van der Waals surface area contributed by atoms with Crippen LogP contribution in [-0.4, -0.2) is 59.2 Å². The van der Waals surface area contributed by atoms with Crippen LogP contribution in [0, 0.1) is 0 Å². The number of rotatable bonds is 3. The Morgan fingerprint density at radius 1 is 1.18 bits per heavy atom. The van der Waals surface area contributed by atoms with Crippen LogP contribution in [0.1, 0.15) is 37.7 Å². The van der Waals surface area contributed by atoms with Crippen LogP contribution >= 0.6 is 0 Å². The number of nitrogens with zero attached hydrogens (tertiary/aromatic N) is 3. The third kappa shape index (κ3) is 3.05. The molecule has 1 spiro atoms. The van der Waals surface area contributed by atoms with Crippen molar-refractivity contribution in [3.63, 3.8) is 0 Å². The van der Waals surface area contributed by atoms with Gasteiger partial charge in [0.05, 0.1) is 12.2 Å². The first-order valence-corrected chi connectivity index (χ1v) is 8.82. The van der Waals surface area contributed by atoms with Crippen LogP contribution in [0.15, 0.2) is 24.5 Å². The molecular formula is C18H27N3O. The highest BCUT2D eigenvalue weighted by Gasteiger charge is 2.44. The number of aromatic nitrogens is 1. The first-order valence-electron chi connectivity index (χ1n) is 8.82. The highest BCUT2D eigenvalue weighted by molar-refractivity contribution is 5.08. The van der Waals surface area contributed by atoms with Gasteiger partial charge in [-0.05, 0) is 56.8 Å². The second-order valence-electron chi connectivity index (χ2n) is 7.23. The molecule has 1 atom stereocenters. The fraction of sp³-hybridized carbons (Fsp3) is 0.722. The molecule has 1 aromatic rings. The maximum Gasteiger partial charge on any atom is 0.0723 e. The van der Waals surface area contributed by atoms with Crippen molar-refractivity contribution in [2.75, 3.05) is 32.8 Å². The molecule has 1 aromatic heterocycles. The Hall–Kier alpha value is -0.970. The van der Waals surface area contributed by atoms with Crippen molar-refractivity contribution in [3.05, 3.63) is 30.1 Å². The van der Waals surface area contributed by atoms with E-state index >= 15 is 0 Å². The lowest BCUT2D eigenvalue weighted by Crippen LogP contribution is -2.44. The Bertz CT molecular complexity index is 478. The van der Waals surface area contributed by atoms with Gasteiger partial charge in [-0.3, -0.25) is 14.8 Å². The Morgan fingerprint density at radius 2 is 2.00 bits per heavy atom. The lowest BCUT2D eigenvalue weighted by molar-refractivity contribution is -0.0452. The molecule has 3 aliphatic heterocycles. The van der Waals surface area contributed by atoms with Gasteiger partial charge in [-0.25, -0.2) is 0 Å². The summed E-state index contributed by atoms with van der Waals surface area (Å²) in [5.74, 6) is 0. The molecule has 4 nitrogen and oxygen atoms in total. The molecule has 0 aliphatic carbocycles. The van der Waals surface area contributed by atoms with Crippen molar-refractivity contribution in [3.8, 4) is 0 Å². The first kappa shape index (κ1) is 14.6. The zero-order valence-electron chi connectivity index (χ0n) is 13.4. The molecule has 4 heteroatoms. The molecule has 0 aromatic carbocycles. The predicted octanol–water partition coefficient (Wildman–Crippen LogP) is 2.30. The summed E-state index contributed by atoms with van der Waals surface area (Å²) in [7, 11) is 0. The summed E-state index contributed by atoms with van der Waals surface area (Å²) in [4.78, 5) is 9.43. The third-order valence-electron chi connectivity index (χ3n) is 5.74. The molecule has 120 valence electrons. The summed E-state index contributed by atoms with van der Waals surface area (Å²) in [6.45, 7) is 6.87. The molecule has 22 heavy (non-hydrogen) atoms. The molecule has 3 fully saturated rings. The minimum absolute atomic E-state index is 0.179. The van der Waals surface area contributed by atoms with Gasteiger partial charge in [0.25, 0.3) is 0 Å². The van der Waals surface area contributed by atoms with Gasteiger partial charge in [0.2, 0.25) is 0 Å². The quantitative estimate of drug-likeness (QED) is 0.856. The van der Waals surface area contributed by atoms with Crippen LogP contribution in [-0.2, 0) is 11.3 Å². The first-order chi connectivity index (χ1) is 10.8. The molecule has 0 radical (unpaired) electrons. The highest BCUT2D eigenvalue weighted by atomic mass is 16.5. The van der Waals surface area contributed by atoms with Crippen LogP contribution in [0.5, 0.6) is 0 Å². The Balaban J connectivity index is 1.30. The molecule has 0 saturated carbocycles. The topological polar surface area (TPSA) is 28.6 Å². The van der Waals surface area contributed by atoms with Crippen LogP contribution in [0.2, 0.25) is 0 Å². The molecule has 4 heterocycles. The summed E-state index contributed by atoms with van der Waals surface area (Å²) < 4.78 is 6.32. The van der Waals surface area contributed by atoms with Gasteiger partial charge >= 0.3 is 0 Å². The van der Waals surface area contributed by atoms with E-state index in [0.717, 1.165) is 26.2 Å². The van der Waals surface area contributed by atoms with Gasteiger partial charge in [0, 0.05) is 38.1 Å². The van der Waals surface area contributed by atoms with E-state index in [9.17, 15) is 0 Å². The zero-order chi connectivity index (χ0) is 14.8. The molecule has 3 aliphatic rings. The molecule has 4 rings (SSSR count). The van der Waals surface area contributed by atoms with Crippen LogP contribution in [0.4, 0.5) is 0 Å². The number of hydrogen-bond donors (Lipinski definition) is 0. The van der Waals surface area contributed by atoms with Gasteiger partial charge in [-0.2, -0.15) is 0 Å². The van der Waals surface area contributed by atoms with E-state index in [1.807, 2.05) is 18.5 Å². The molecule has 0 amide bonds. The normalized spacial score (nSPS) is 29.4. The smallest absolute Gasteiger partial charge is 0.0723 e. The van der Waals surface area contributed by atoms with Gasteiger partial charge in [-0.15, -0.1) is 0 Å². The van der Waals surface area contributed by atoms with Crippen molar-refractivity contribution >= 4 is 0 Å². The number of piperidine rings is 1. The second-order valence-corrected chi connectivity index (χ2v) is 7.23. The Labute approximate surface area is 133 Å². The van der Waals surface area contributed by atoms with Crippen LogP contribution in [0.25, 0.3) is 0 Å². The van der Waals surface area contributed by atoms with Gasteiger partial charge in [0.15, 0.2) is 0 Å². The second kappa shape index (κ2) is 6.26. The molecular weight excluding hydrogens is 274 g/mol. The monoisotopic (exact) mass is 301 g/mol.